The maximum Gasteiger partial charge on any atom is 0.206 e. The summed E-state index contributed by atoms with van der Waals surface area (Å²) < 4.78 is 1.38. The molecule has 0 unspecified atom stereocenters. The van der Waals surface area contributed by atoms with E-state index < -0.39 is 0 Å². The van der Waals surface area contributed by atoms with Gasteiger partial charge in [0.2, 0.25) is 6.19 Å². The average molecular weight is 233 g/mol. The van der Waals surface area contributed by atoms with Crippen LogP contribution in [0.25, 0.3) is 10.9 Å². The molecule has 3 rings (SSSR count). The van der Waals surface area contributed by atoms with Crippen LogP contribution >= 0.6 is 0 Å². The monoisotopic (exact) mass is 233 g/mol. The van der Waals surface area contributed by atoms with Gasteiger partial charge in [0.25, 0.3) is 0 Å². The minimum absolute atomic E-state index is 0.746. The van der Waals surface area contributed by atoms with Gasteiger partial charge in [-0.05, 0) is 11.6 Å². The highest BCUT2D eigenvalue weighted by Gasteiger charge is 2.09. The van der Waals surface area contributed by atoms with E-state index in [0.717, 1.165) is 23.0 Å². The van der Waals surface area contributed by atoms with Crippen LogP contribution in [0.15, 0.2) is 54.6 Å². The number of rotatable bonds is 2. The zero-order valence-electron chi connectivity index (χ0n) is 9.74. The number of nitrogens with zero attached hydrogens (tertiary/aromatic N) is 3. The molecule has 3 heteroatoms. The minimum atomic E-state index is 0.746. The number of fused-ring (bicyclic) bond motifs is 1. The van der Waals surface area contributed by atoms with Gasteiger partial charge in [-0.1, -0.05) is 48.5 Å². The molecule has 0 amide bonds. The molecular formula is C15H11N3. The van der Waals surface area contributed by atoms with Crippen molar-refractivity contribution in [3.8, 4) is 6.19 Å². The zero-order valence-corrected chi connectivity index (χ0v) is 9.74. The second kappa shape index (κ2) is 4.34. The zero-order chi connectivity index (χ0) is 12.4. The van der Waals surface area contributed by atoms with Crippen LogP contribution in [0.2, 0.25) is 0 Å². The van der Waals surface area contributed by atoms with Crippen LogP contribution in [0.5, 0.6) is 0 Å². The number of nitriles is 1. The number of hydrogen-bond acceptors (Lipinski definition) is 2. The van der Waals surface area contributed by atoms with Crippen molar-refractivity contribution in [1.29, 1.82) is 5.26 Å². The Balaban J connectivity index is 2.11. The van der Waals surface area contributed by atoms with Crippen molar-refractivity contribution in [3.63, 3.8) is 0 Å². The van der Waals surface area contributed by atoms with E-state index in [0.29, 0.717) is 0 Å². The molecule has 0 aliphatic rings. The Morgan fingerprint density at radius 2 is 1.72 bits per heavy atom. The molecule has 18 heavy (non-hydrogen) atoms. The van der Waals surface area contributed by atoms with Crippen LogP contribution in [0, 0.1) is 11.5 Å². The van der Waals surface area contributed by atoms with Gasteiger partial charge in [0, 0.05) is 11.8 Å². The SMILES string of the molecule is N#Cn1nc(Cc2ccccc2)c2ccccc21. The fourth-order valence-electron chi connectivity index (χ4n) is 2.13. The summed E-state index contributed by atoms with van der Waals surface area (Å²) in [6.45, 7) is 0. The Kier molecular flexibility index (Phi) is 2.54. The standard InChI is InChI=1S/C15H11N3/c16-11-18-15-9-5-4-8-13(15)14(17-18)10-12-6-2-1-3-7-12/h1-9H,10H2. The molecular weight excluding hydrogens is 222 g/mol. The number of aromatic nitrogens is 2. The van der Waals surface area contributed by atoms with Gasteiger partial charge >= 0.3 is 0 Å². The van der Waals surface area contributed by atoms with Crippen molar-refractivity contribution in [2.24, 2.45) is 0 Å². The molecule has 0 spiro atoms. The predicted molar refractivity (Wildman–Crippen MR) is 70.0 cm³/mol. The third-order valence-corrected chi connectivity index (χ3v) is 2.97. The first kappa shape index (κ1) is 10.5. The molecule has 3 aromatic rings. The van der Waals surface area contributed by atoms with Gasteiger partial charge in [0.05, 0.1) is 11.2 Å². The van der Waals surface area contributed by atoms with Gasteiger partial charge in [-0.25, -0.2) is 0 Å². The molecule has 0 atom stereocenters. The summed E-state index contributed by atoms with van der Waals surface area (Å²) in [5, 5.41) is 14.5. The van der Waals surface area contributed by atoms with Crippen LogP contribution in [0.1, 0.15) is 11.3 Å². The number of benzene rings is 2. The molecule has 0 N–H and O–H groups in total. The summed E-state index contributed by atoms with van der Waals surface area (Å²) in [5.41, 5.74) is 3.01. The van der Waals surface area contributed by atoms with E-state index in [1.807, 2.05) is 42.5 Å². The van der Waals surface area contributed by atoms with E-state index in [2.05, 4.69) is 23.4 Å². The van der Waals surface area contributed by atoms with Gasteiger partial charge < -0.3 is 0 Å². The van der Waals surface area contributed by atoms with E-state index in [4.69, 9.17) is 5.26 Å². The third kappa shape index (κ3) is 1.74. The lowest BCUT2D eigenvalue weighted by molar-refractivity contribution is 0.885. The third-order valence-electron chi connectivity index (χ3n) is 2.97. The second-order valence-electron chi connectivity index (χ2n) is 4.14. The molecule has 0 saturated heterocycles. The molecule has 0 saturated carbocycles. The topological polar surface area (TPSA) is 41.6 Å². The second-order valence-corrected chi connectivity index (χ2v) is 4.14. The highest BCUT2D eigenvalue weighted by Crippen LogP contribution is 2.20. The van der Waals surface area contributed by atoms with Gasteiger partial charge in [-0.2, -0.15) is 15.0 Å². The molecule has 1 heterocycles. The lowest BCUT2D eigenvalue weighted by Gasteiger charge is -1.97. The van der Waals surface area contributed by atoms with Crippen LogP contribution in [0.3, 0.4) is 0 Å². The highest BCUT2D eigenvalue weighted by molar-refractivity contribution is 5.82. The summed E-state index contributed by atoms with van der Waals surface area (Å²) in [6.07, 6.45) is 2.83. The van der Waals surface area contributed by atoms with Gasteiger partial charge in [0.1, 0.15) is 0 Å². The molecule has 2 aromatic carbocycles. The molecule has 0 bridgehead atoms. The molecule has 0 aliphatic carbocycles. The van der Waals surface area contributed by atoms with E-state index >= 15 is 0 Å². The van der Waals surface area contributed by atoms with Gasteiger partial charge in [-0.3, -0.25) is 0 Å². The maximum absolute atomic E-state index is 9.07. The fraction of sp³-hybridized carbons (Fsp3) is 0.0667. The lowest BCUT2D eigenvalue weighted by atomic mass is 10.1. The molecule has 1 aromatic heterocycles. The quantitative estimate of drug-likeness (QED) is 0.682. The summed E-state index contributed by atoms with van der Waals surface area (Å²) >= 11 is 0. The normalized spacial score (nSPS) is 10.4. The Morgan fingerprint density at radius 3 is 2.50 bits per heavy atom. The van der Waals surface area contributed by atoms with Crippen molar-refractivity contribution in [2.75, 3.05) is 0 Å². The Bertz CT molecular complexity index is 720. The highest BCUT2D eigenvalue weighted by atomic mass is 15.3. The first-order valence-electron chi connectivity index (χ1n) is 5.79. The Morgan fingerprint density at radius 1 is 1.00 bits per heavy atom. The predicted octanol–water partition coefficient (Wildman–Crippen LogP) is 2.96. The van der Waals surface area contributed by atoms with Gasteiger partial charge in [0.15, 0.2) is 0 Å². The molecule has 86 valence electrons. The van der Waals surface area contributed by atoms with E-state index in [-0.39, 0.29) is 0 Å². The van der Waals surface area contributed by atoms with E-state index in [9.17, 15) is 0 Å². The number of hydrogen-bond donors (Lipinski definition) is 0. The van der Waals surface area contributed by atoms with Crippen molar-refractivity contribution < 1.29 is 0 Å². The lowest BCUT2D eigenvalue weighted by Crippen LogP contribution is -1.93. The van der Waals surface area contributed by atoms with Crippen molar-refractivity contribution in [3.05, 3.63) is 65.9 Å². The van der Waals surface area contributed by atoms with Crippen molar-refractivity contribution in [1.82, 2.24) is 9.78 Å². The average Bonchev–Trinajstić information content (AvgIpc) is 2.78. The van der Waals surface area contributed by atoms with Crippen molar-refractivity contribution in [2.45, 2.75) is 6.42 Å². The molecule has 3 nitrogen and oxygen atoms in total. The van der Waals surface area contributed by atoms with Crippen LogP contribution < -0.4 is 0 Å². The Hall–Kier alpha value is -2.60. The summed E-state index contributed by atoms with van der Waals surface area (Å²) in [5.74, 6) is 0. The number of para-hydroxylation sites is 1. The van der Waals surface area contributed by atoms with E-state index in [1.165, 1.54) is 10.2 Å². The smallest absolute Gasteiger partial charge is 0.170 e. The van der Waals surface area contributed by atoms with Crippen LogP contribution in [0.4, 0.5) is 0 Å². The summed E-state index contributed by atoms with van der Waals surface area (Å²) in [4.78, 5) is 0. The van der Waals surface area contributed by atoms with Crippen molar-refractivity contribution >= 4 is 10.9 Å². The van der Waals surface area contributed by atoms with Crippen LogP contribution in [-0.2, 0) is 6.42 Å². The summed E-state index contributed by atoms with van der Waals surface area (Å²) in [6, 6.07) is 18.0. The Labute approximate surface area is 105 Å². The maximum atomic E-state index is 9.07. The fourth-order valence-corrected chi connectivity index (χ4v) is 2.13. The molecule has 0 aliphatic heterocycles. The largest absolute Gasteiger partial charge is 0.206 e. The molecule has 0 fully saturated rings. The van der Waals surface area contributed by atoms with Crippen LogP contribution in [-0.4, -0.2) is 9.78 Å². The first-order chi connectivity index (χ1) is 8.88. The summed E-state index contributed by atoms with van der Waals surface area (Å²) in [7, 11) is 0. The molecule has 0 radical (unpaired) electrons. The minimum Gasteiger partial charge on any atom is -0.170 e. The first-order valence-corrected chi connectivity index (χ1v) is 5.79. The van der Waals surface area contributed by atoms with Gasteiger partial charge in [-0.15, -0.1) is 0 Å². The van der Waals surface area contributed by atoms with E-state index in [1.54, 1.807) is 0 Å².